The van der Waals surface area contributed by atoms with Crippen molar-refractivity contribution >= 4 is 13.7 Å². The van der Waals surface area contributed by atoms with Gasteiger partial charge >= 0.3 is 19.4 Å². The number of nitrogens with zero attached hydrogens (tertiary/aromatic N) is 1. The van der Waals surface area contributed by atoms with E-state index in [-0.39, 0.29) is 18.8 Å². The number of carbonyl (C=O) groups is 1. The summed E-state index contributed by atoms with van der Waals surface area (Å²) in [6, 6.07) is 7.18. The van der Waals surface area contributed by atoms with E-state index < -0.39 is 49.4 Å². The first kappa shape index (κ1) is 24.9. The number of methoxy groups -OCH3 is 1. The van der Waals surface area contributed by atoms with Crippen LogP contribution < -0.4 is 20.9 Å². The highest BCUT2D eigenvalue weighted by Crippen LogP contribution is 2.45. The Morgan fingerprint density at radius 1 is 1.36 bits per heavy atom. The van der Waals surface area contributed by atoms with E-state index in [1.54, 1.807) is 30.3 Å². The second-order valence-corrected chi connectivity index (χ2v) is 9.18. The summed E-state index contributed by atoms with van der Waals surface area (Å²) in [4.78, 5) is 37.7. The van der Waals surface area contributed by atoms with Crippen molar-refractivity contribution in [2.45, 2.75) is 44.7 Å². The molecule has 3 N–H and O–H groups in total. The lowest BCUT2D eigenvalue weighted by atomic mass is 10.2. The van der Waals surface area contributed by atoms with Gasteiger partial charge in [0.2, 0.25) is 0 Å². The second kappa shape index (κ2) is 10.4. The minimum atomic E-state index is -4.12. The van der Waals surface area contributed by atoms with Crippen LogP contribution >= 0.6 is 7.75 Å². The first-order valence-corrected chi connectivity index (χ1v) is 11.7. The molecule has 1 saturated heterocycles. The normalized spacial score (nSPS) is 23.0. The fourth-order valence-electron chi connectivity index (χ4n) is 3.18. The van der Waals surface area contributed by atoms with Crippen LogP contribution in [0.3, 0.4) is 0 Å². The van der Waals surface area contributed by atoms with E-state index in [0.717, 1.165) is 4.57 Å². The monoisotopic (exact) mass is 483 g/mol. The van der Waals surface area contributed by atoms with Crippen LogP contribution in [0.5, 0.6) is 5.75 Å². The fourth-order valence-corrected chi connectivity index (χ4v) is 4.69. The molecule has 1 aromatic heterocycles. The highest BCUT2D eigenvalue weighted by Gasteiger charge is 2.39. The second-order valence-electron chi connectivity index (χ2n) is 7.48. The topological polar surface area (TPSA) is 158 Å². The van der Waals surface area contributed by atoms with Gasteiger partial charge in [0.1, 0.15) is 24.1 Å². The first-order chi connectivity index (χ1) is 15.6. The number of hydrogen-bond donors (Lipinski definition) is 3. The standard InChI is InChI=1S/C20H26N3O9P/c1-12-10-23(20(27)21-18(12)25)17-9-15(24)16(31-17)11-30-33(28,22-13(2)19(26)29-3)32-14-7-5-4-6-8-14/h4-8,10,13,15-17,24H,9,11H2,1-3H3,(H,22,28)(H,21,25,27)/t13?,15-,16?,17?,33?/m1/s1. The van der Waals surface area contributed by atoms with Crippen molar-refractivity contribution in [3.8, 4) is 5.75 Å². The van der Waals surface area contributed by atoms with Crippen molar-refractivity contribution in [2.24, 2.45) is 0 Å². The Morgan fingerprint density at radius 2 is 2.06 bits per heavy atom. The third-order valence-electron chi connectivity index (χ3n) is 4.94. The summed E-state index contributed by atoms with van der Waals surface area (Å²) >= 11 is 0. The number of hydrogen-bond acceptors (Lipinski definition) is 9. The minimum absolute atomic E-state index is 0.0370. The number of aliphatic hydroxyl groups excluding tert-OH is 1. The first-order valence-electron chi connectivity index (χ1n) is 10.1. The molecule has 1 aromatic carbocycles. The molecule has 0 aliphatic carbocycles. The van der Waals surface area contributed by atoms with Gasteiger partial charge in [0.25, 0.3) is 5.56 Å². The van der Waals surface area contributed by atoms with Gasteiger partial charge in [-0.2, -0.15) is 5.09 Å². The molecule has 5 atom stereocenters. The van der Waals surface area contributed by atoms with Gasteiger partial charge in [-0.1, -0.05) is 18.2 Å². The number of aryl methyl sites for hydroxylation is 1. The van der Waals surface area contributed by atoms with Gasteiger partial charge in [-0.15, -0.1) is 0 Å². The number of aliphatic hydroxyl groups is 1. The summed E-state index contributed by atoms with van der Waals surface area (Å²) in [5, 5.41) is 12.9. The van der Waals surface area contributed by atoms with E-state index in [9.17, 15) is 24.1 Å². The molecule has 2 heterocycles. The van der Waals surface area contributed by atoms with Gasteiger partial charge in [0, 0.05) is 18.2 Å². The van der Waals surface area contributed by atoms with E-state index >= 15 is 0 Å². The summed E-state index contributed by atoms with van der Waals surface area (Å²) in [5.41, 5.74) is -0.898. The molecule has 4 unspecified atom stereocenters. The Bertz CT molecular complexity index is 1130. The van der Waals surface area contributed by atoms with Crippen molar-refractivity contribution in [1.29, 1.82) is 0 Å². The predicted octanol–water partition coefficient (Wildman–Crippen LogP) is 0.848. The molecular weight excluding hydrogens is 457 g/mol. The van der Waals surface area contributed by atoms with Crippen LogP contribution in [0, 0.1) is 6.92 Å². The molecule has 13 heteroatoms. The predicted molar refractivity (Wildman–Crippen MR) is 116 cm³/mol. The number of para-hydroxylation sites is 1. The molecule has 0 amide bonds. The van der Waals surface area contributed by atoms with Crippen molar-refractivity contribution in [2.75, 3.05) is 13.7 Å². The molecule has 0 radical (unpaired) electrons. The van der Waals surface area contributed by atoms with E-state index in [4.69, 9.17) is 13.8 Å². The number of rotatable bonds is 9. The molecule has 1 fully saturated rings. The van der Waals surface area contributed by atoms with E-state index in [0.29, 0.717) is 5.56 Å². The fraction of sp³-hybridized carbons (Fsp3) is 0.450. The number of carbonyl (C=O) groups excluding carboxylic acids is 1. The zero-order valence-corrected chi connectivity index (χ0v) is 19.2. The summed E-state index contributed by atoms with van der Waals surface area (Å²) in [7, 11) is -2.93. The zero-order valence-electron chi connectivity index (χ0n) is 18.3. The Labute approximate surface area is 189 Å². The quantitative estimate of drug-likeness (QED) is 0.345. The van der Waals surface area contributed by atoms with Crippen molar-refractivity contribution in [1.82, 2.24) is 14.6 Å². The van der Waals surface area contributed by atoms with Crippen molar-refractivity contribution in [3.63, 3.8) is 0 Å². The van der Waals surface area contributed by atoms with Crippen molar-refractivity contribution in [3.05, 3.63) is 62.9 Å². The summed E-state index contributed by atoms with van der Waals surface area (Å²) in [5.74, 6) is -0.452. The lowest BCUT2D eigenvalue weighted by Crippen LogP contribution is -2.36. The van der Waals surface area contributed by atoms with Crippen LogP contribution in [0.1, 0.15) is 25.1 Å². The molecular formula is C20H26N3O9P. The Morgan fingerprint density at radius 3 is 2.73 bits per heavy atom. The largest absolute Gasteiger partial charge is 0.468 e. The Kier molecular flexibility index (Phi) is 7.88. The molecule has 1 aliphatic rings. The van der Waals surface area contributed by atoms with Crippen LogP contribution in [0.15, 0.2) is 46.1 Å². The number of ether oxygens (including phenoxy) is 2. The number of benzene rings is 1. The number of aromatic amines is 1. The maximum atomic E-state index is 13.4. The van der Waals surface area contributed by atoms with Crippen LogP contribution in [0.2, 0.25) is 0 Å². The Balaban J connectivity index is 1.73. The minimum Gasteiger partial charge on any atom is -0.468 e. The molecule has 180 valence electrons. The number of H-pyrrole nitrogens is 1. The molecule has 2 aromatic rings. The maximum absolute atomic E-state index is 13.4. The highest BCUT2D eigenvalue weighted by atomic mass is 31.2. The van der Waals surface area contributed by atoms with Crippen molar-refractivity contribution < 1.29 is 33.0 Å². The molecule has 33 heavy (non-hydrogen) atoms. The SMILES string of the molecule is COC(=O)C(C)NP(=O)(OCC1OC(n2cc(C)c(=O)[nH]c2=O)C[C@H]1O)Oc1ccccc1. The zero-order chi connectivity index (χ0) is 24.2. The van der Waals surface area contributed by atoms with Gasteiger partial charge in [-0.3, -0.25) is 23.7 Å². The molecule has 0 saturated carbocycles. The van der Waals surface area contributed by atoms with Gasteiger partial charge in [-0.25, -0.2) is 9.36 Å². The van der Waals surface area contributed by atoms with Crippen LogP contribution in [-0.2, 0) is 23.4 Å². The van der Waals surface area contributed by atoms with E-state index in [2.05, 4.69) is 14.8 Å². The van der Waals surface area contributed by atoms with Gasteiger partial charge in [0.05, 0.1) is 19.8 Å². The molecule has 0 spiro atoms. The van der Waals surface area contributed by atoms with Crippen LogP contribution in [-0.4, -0.2) is 52.6 Å². The highest BCUT2D eigenvalue weighted by molar-refractivity contribution is 7.52. The Hall–Kier alpha value is -2.76. The van der Waals surface area contributed by atoms with Gasteiger partial charge < -0.3 is 19.1 Å². The average molecular weight is 483 g/mol. The maximum Gasteiger partial charge on any atom is 0.459 e. The van der Waals surface area contributed by atoms with Gasteiger partial charge in [-0.05, 0) is 26.0 Å². The summed E-state index contributed by atoms with van der Waals surface area (Å²) in [6.07, 6.45) is -1.51. The molecule has 0 bridgehead atoms. The summed E-state index contributed by atoms with van der Waals surface area (Å²) in [6.45, 7) is 2.59. The molecule has 1 aliphatic heterocycles. The molecule has 3 rings (SSSR count). The summed E-state index contributed by atoms with van der Waals surface area (Å²) < 4.78 is 35.9. The van der Waals surface area contributed by atoms with E-state index in [1.165, 1.54) is 27.2 Å². The third-order valence-corrected chi connectivity index (χ3v) is 6.59. The number of nitrogens with one attached hydrogen (secondary N) is 2. The average Bonchev–Trinajstić information content (AvgIpc) is 3.15. The lowest BCUT2D eigenvalue weighted by molar-refractivity contribution is -0.142. The number of aromatic nitrogens is 2. The number of esters is 1. The third kappa shape index (κ3) is 6.18. The smallest absolute Gasteiger partial charge is 0.459 e. The molecule has 12 nitrogen and oxygen atoms in total. The lowest BCUT2D eigenvalue weighted by Gasteiger charge is -2.24. The van der Waals surface area contributed by atoms with Crippen LogP contribution in [0.4, 0.5) is 0 Å². The van der Waals surface area contributed by atoms with Crippen LogP contribution in [0.25, 0.3) is 0 Å². The van der Waals surface area contributed by atoms with Gasteiger partial charge in [0.15, 0.2) is 0 Å². The van der Waals surface area contributed by atoms with E-state index in [1.807, 2.05) is 0 Å².